The third-order valence-electron chi connectivity index (χ3n) is 3.10. The smallest absolute Gasteiger partial charge is 0.391 e. The fourth-order valence-corrected chi connectivity index (χ4v) is 1.96. The molecule has 0 aromatic heterocycles. The average molecular weight is 245 g/mol. The van der Waals surface area contributed by atoms with Crippen LogP contribution in [0.5, 0.6) is 0 Å². The summed E-state index contributed by atoms with van der Waals surface area (Å²) >= 11 is 0. The third kappa shape index (κ3) is 2.61. The van der Waals surface area contributed by atoms with E-state index in [0.717, 1.165) is 18.9 Å². The molecule has 0 bridgehead atoms. The Morgan fingerprint density at radius 2 is 1.82 bits per heavy atom. The number of alkyl halides is 3. The fourth-order valence-electron chi connectivity index (χ4n) is 1.96. The molecule has 0 aliphatic heterocycles. The summed E-state index contributed by atoms with van der Waals surface area (Å²) in [5, 5.41) is 9.81. The van der Waals surface area contributed by atoms with E-state index in [4.69, 9.17) is 5.73 Å². The second-order valence-electron chi connectivity index (χ2n) is 4.44. The number of nitrogens with two attached hydrogens (primary N) is 1. The summed E-state index contributed by atoms with van der Waals surface area (Å²) in [5.74, 6) is 0.0475. The van der Waals surface area contributed by atoms with Crippen LogP contribution in [0.15, 0.2) is 24.3 Å². The molecule has 2 nitrogen and oxygen atoms in total. The van der Waals surface area contributed by atoms with Crippen molar-refractivity contribution < 1.29 is 18.3 Å². The summed E-state index contributed by atoms with van der Waals surface area (Å²) in [6, 6.07) is 4.18. The van der Waals surface area contributed by atoms with E-state index in [2.05, 4.69) is 0 Å². The second-order valence-corrected chi connectivity index (χ2v) is 4.44. The summed E-state index contributed by atoms with van der Waals surface area (Å²) in [7, 11) is 0. The van der Waals surface area contributed by atoms with Gasteiger partial charge in [-0.25, -0.2) is 0 Å². The zero-order valence-electron chi connectivity index (χ0n) is 9.11. The maximum Gasteiger partial charge on any atom is 0.416 e. The van der Waals surface area contributed by atoms with Gasteiger partial charge in [-0.15, -0.1) is 0 Å². The Morgan fingerprint density at radius 1 is 1.24 bits per heavy atom. The van der Waals surface area contributed by atoms with Crippen molar-refractivity contribution >= 4 is 0 Å². The average Bonchev–Trinajstić information content (AvgIpc) is 3.10. The van der Waals surface area contributed by atoms with Gasteiger partial charge in [0.25, 0.3) is 0 Å². The Hall–Kier alpha value is -1.07. The van der Waals surface area contributed by atoms with E-state index >= 15 is 0 Å². The number of aliphatic hydroxyl groups is 1. The quantitative estimate of drug-likeness (QED) is 0.859. The highest BCUT2D eigenvalue weighted by Crippen LogP contribution is 2.40. The first kappa shape index (κ1) is 12.4. The summed E-state index contributed by atoms with van der Waals surface area (Å²) in [5.41, 5.74) is 4.94. The van der Waals surface area contributed by atoms with Gasteiger partial charge in [-0.05, 0) is 30.4 Å². The van der Waals surface area contributed by atoms with Crippen LogP contribution in [0.3, 0.4) is 0 Å². The van der Waals surface area contributed by atoms with E-state index in [1.54, 1.807) is 0 Å². The second kappa shape index (κ2) is 4.31. The molecule has 1 fully saturated rings. The molecular weight excluding hydrogens is 231 g/mol. The van der Waals surface area contributed by atoms with Gasteiger partial charge >= 0.3 is 6.18 Å². The molecule has 1 saturated carbocycles. The molecule has 5 heteroatoms. The van der Waals surface area contributed by atoms with Crippen molar-refractivity contribution in [2.45, 2.75) is 31.2 Å². The van der Waals surface area contributed by atoms with Crippen molar-refractivity contribution in [1.82, 2.24) is 0 Å². The summed E-state index contributed by atoms with van der Waals surface area (Å²) in [6.07, 6.45) is -3.65. The maximum absolute atomic E-state index is 12.8. The van der Waals surface area contributed by atoms with E-state index in [9.17, 15) is 18.3 Å². The number of hydrogen-bond acceptors (Lipinski definition) is 2. The third-order valence-corrected chi connectivity index (χ3v) is 3.10. The maximum atomic E-state index is 12.8. The first-order chi connectivity index (χ1) is 7.91. The fraction of sp³-hybridized carbons (Fsp3) is 0.500. The minimum atomic E-state index is -4.43. The van der Waals surface area contributed by atoms with Crippen LogP contribution in [0.2, 0.25) is 0 Å². The first-order valence-corrected chi connectivity index (χ1v) is 5.51. The van der Waals surface area contributed by atoms with Gasteiger partial charge in [-0.3, -0.25) is 0 Å². The van der Waals surface area contributed by atoms with Crippen molar-refractivity contribution in [2.24, 2.45) is 11.7 Å². The molecule has 94 valence electrons. The van der Waals surface area contributed by atoms with Gasteiger partial charge in [0.1, 0.15) is 0 Å². The van der Waals surface area contributed by atoms with Crippen LogP contribution in [0.25, 0.3) is 0 Å². The van der Waals surface area contributed by atoms with Gasteiger partial charge in [0.2, 0.25) is 0 Å². The van der Waals surface area contributed by atoms with Gasteiger partial charge in [0, 0.05) is 0 Å². The van der Waals surface area contributed by atoms with Crippen LogP contribution in [-0.4, -0.2) is 11.2 Å². The molecule has 0 radical (unpaired) electrons. The van der Waals surface area contributed by atoms with Crippen molar-refractivity contribution in [2.75, 3.05) is 0 Å². The van der Waals surface area contributed by atoms with Crippen LogP contribution >= 0.6 is 0 Å². The molecule has 1 aliphatic carbocycles. The topological polar surface area (TPSA) is 46.2 Å². The van der Waals surface area contributed by atoms with Crippen LogP contribution in [0, 0.1) is 5.92 Å². The largest absolute Gasteiger partial charge is 0.416 e. The van der Waals surface area contributed by atoms with Gasteiger partial charge in [0.15, 0.2) is 0 Å². The first-order valence-electron chi connectivity index (χ1n) is 5.51. The highest BCUT2D eigenvalue weighted by Gasteiger charge is 2.39. The minimum Gasteiger partial charge on any atom is -0.391 e. The molecule has 1 aliphatic rings. The zero-order chi connectivity index (χ0) is 12.6. The zero-order valence-corrected chi connectivity index (χ0v) is 9.11. The molecule has 0 spiro atoms. The lowest BCUT2D eigenvalue weighted by Crippen LogP contribution is -2.30. The molecule has 0 amide bonds. The highest BCUT2D eigenvalue weighted by molar-refractivity contribution is 5.33. The number of halogens is 3. The van der Waals surface area contributed by atoms with Crippen LogP contribution in [0.1, 0.15) is 30.0 Å². The normalized spacial score (nSPS) is 20.1. The highest BCUT2D eigenvalue weighted by atomic mass is 19.4. The lowest BCUT2D eigenvalue weighted by atomic mass is 9.94. The Bertz CT molecular complexity index is 401. The molecule has 1 aromatic carbocycles. The Labute approximate surface area is 97.2 Å². The monoisotopic (exact) mass is 245 g/mol. The van der Waals surface area contributed by atoms with Crippen molar-refractivity contribution in [3.8, 4) is 0 Å². The minimum absolute atomic E-state index is 0.0283. The van der Waals surface area contributed by atoms with Gasteiger partial charge in [-0.1, -0.05) is 18.2 Å². The Balaban J connectivity index is 2.30. The van der Waals surface area contributed by atoms with Crippen molar-refractivity contribution in [3.05, 3.63) is 35.4 Å². The summed E-state index contributed by atoms with van der Waals surface area (Å²) < 4.78 is 38.3. The standard InChI is InChI=1S/C12H14F3NO/c13-12(14,15)9-4-2-1-3-8(9)10(16)11(17)7-5-6-7/h1-4,7,10-11,17H,5-6,16H2/t10-,11+/m0/s1. The van der Waals surface area contributed by atoms with Crippen LogP contribution in [-0.2, 0) is 6.18 Å². The molecule has 1 aromatic rings. The molecule has 17 heavy (non-hydrogen) atoms. The van der Waals surface area contributed by atoms with Gasteiger partial charge in [0.05, 0.1) is 17.7 Å². The van der Waals surface area contributed by atoms with Gasteiger partial charge in [-0.2, -0.15) is 13.2 Å². The van der Waals surface area contributed by atoms with E-state index in [0.29, 0.717) is 0 Å². The van der Waals surface area contributed by atoms with E-state index in [-0.39, 0.29) is 11.5 Å². The molecule has 0 heterocycles. The molecular formula is C12H14F3NO. The number of hydrogen-bond donors (Lipinski definition) is 2. The number of rotatable bonds is 3. The predicted octanol–water partition coefficient (Wildman–Crippen LogP) is 2.48. The lowest BCUT2D eigenvalue weighted by molar-refractivity contribution is -0.138. The van der Waals surface area contributed by atoms with Gasteiger partial charge < -0.3 is 10.8 Å². The Kier molecular flexibility index (Phi) is 3.14. The summed E-state index contributed by atoms with van der Waals surface area (Å²) in [6.45, 7) is 0. The van der Waals surface area contributed by atoms with Crippen LogP contribution in [0.4, 0.5) is 13.2 Å². The molecule has 0 unspecified atom stereocenters. The molecule has 3 N–H and O–H groups in total. The SMILES string of the molecule is N[C@@H](c1ccccc1C(F)(F)F)[C@H](O)C1CC1. The van der Waals surface area contributed by atoms with E-state index < -0.39 is 23.9 Å². The van der Waals surface area contributed by atoms with E-state index in [1.807, 2.05) is 0 Å². The molecule has 2 rings (SSSR count). The lowest BCUT2D eigenvalue weighted by Gasteiger charge is -2.22. The Morgan fingerprint density at radius 3 is 2.35 bits per heavy atom. The number of benzene rings is 1. The number of aliphatic hydroxyl groups excluding tert-OH is 1. The molecule has 2 atom stereocenters. The van der Waals surface area contributed by atoms with Crippen molar-refractivity contribution in [3.63, 3.8) is 0 Å². The van der Waals surface area contributed by atoms with Crippen LogP contribution < -0.4 is 5.73 Å². The summed E-state index contributed by atoms with van der Waals surface area (Å²) in [4.78, 5) is 0. The predicted molar refractivity (Wildman–Crippen MR) is 57.1 cm³/mol. The molecule has 0 saturated heterocycles. The van der Waals surface area contributed by atoms with Crippen molar-refractivity contribution in [1.29, 1.82) is 0 Å². The van der Waals surface area contributed by atoms with E-state index in [1.165, 1.54) is 18.2 Å².